The van der Waals surface area contributed by atoms with Crippen LogP contribution in [0, 0.1) is 0 Å². The number of rotatable bonds is 4. The van der Waals surface area contributed by atoms with Crippen LogP contribution in [0.4, 0.5) is 0 Å². The molecule has 1 rings (SSSR count). The smallest absolute Gasteiger partial charge is 0.121 e. The summed E-state index contributed by atoms with van der Waals surface area (Å²) in [5.74, 6) is 0. The van der Waals surface area contributed by atoms with Gasteiger partial charge >= 0.3 is 0 Å². The highest BCUT2D eigenvalue weighted by molar-refractivity contribution is 4.82. The van der Waals surface area contributed by atoms with Gasteiger partial charge in [0.05, 0.1) is 6.61 Å². The van der Waals surface area contributed by atoms with Crippen molar-refractivity contribution < 1.29 is 4.74 Å². The van der Waals surface area contributed by atoms with Crippen LogP contribution in [0.5, 0.6) is 0 Å². The van der Waals surface area contributed by atoms with Gasteiger partial charge < -0.3 is 4.74 Å². The summed E-state index contributed by atoms with van der Waals surface area (Å²) in [6, 6.07) is 0. The van der Waals surface area contributed by atoms with E-state index in [4.69, 9.17) is 4.74 Å². The van der Waals surface area contributed by atoms with Crippen LogP contribution < -0.4 is 5.32 Å². The molecule has 60 valence electrons. The summed E-state index contributed by atoms with van der Waals surface area (Å²) in [6.07, 6.45) is 4.87. The van der Waals surface area contributed by atoms with Crippen LogP contribution in [0.3, 0.4) is 0 Å². The van der Waals surface area contributed by atoms with E-state index < -0.39 is 0 Å². The molecule has 1 heterocycles. The molecular formula is C8H17NO. The molecule has 1 unspecified atom stereocenters. The molecule has 0 aromatic heterocycles. The van der Waals surface area contributed by atoms with Crippen molar-refractivity contribution in [2.45, 2.75) is 38.3 Å². The van der Waals surface area contributed by atoms with Crippen LogP contribution >= 0.6 is 0 Å². The van der Waals surface area contributed by atoms with E-state index in [-0.39, 0.29) is 5.72 Å². The Morgan fingerprint density at radius 2 is 2.30 bits per heavy atom. The third-order valence-corrected chi connectivity index (χ3v) is 2.27. The van der Waals surface area contributed by atoms with Crippen LogP contribution in [0.25, 0.3) is 0 Å². The standard InChI is InChI=1S/C8H17NO/c1-3-4-5-8(9-2)6-7-10-8/h9H,3-7H2,1-2H3. The molecule has 0 aliphatic carbocycles. The molecule has 1 N–H and O–H groups in total. The maximum atomic E-state index is 5.46. The van der Waals surface area contributed by atoms with E-state index in [2.05, 4.69) is 12.2 Å². The Morgan fingerprint density at radius 3 is 2.60 bits per heavy atom. The number of ether oxygens (including phenoxy) is 1. The Bertz CT molecular complexity index is 93.9. The third kappa shape index (κ3) is 1.50. The lowest BCUT2D eigenvalue weighted by Gasteiger charge is -2.41. The summed E-state index contributed by atoms with van der Waals surface area (Å²) >= 11 is 0. The summed E-state index contributed by atoms with van der Waals surface area (Å²) in [6.45, 7) is 3.15. The van der Waals surface area contributed by atoms with Gasteiger partial charge in [-0.15, -0.1) is 0 Å². The highest BCUT2D eigenvalue weighted by atomic mass is 16.5. The van der Waals surface area contributed by atoms with E-state index in [0.717, 1.165) is 6.61 Å². The first kappa shape index (κ1) is 8.02. The average Bonchev–Trinajstić information content (AvgIpc) is 1.87. The van der Waals surface area contributed by atoms with Crippen LogP contribution in [0.15, 0.2) is 0 Å². The van der Waals surface area contributed by atoms with Crippen molar-refractivity contribution in [1.82, 2.24) is 5.32 Å². The summed E-state index contributed by atoms with van der Waals surface area (Å²) in [5, 5.41) is 3.23. The molecule has 0 amide bonds. The number of hydrogen-bond acceptors (Lipinski definition) is 2. The molecule has 2 heteroatoms. The zero-order valence-electron chi connectivity index (χ0n) is 6.94. The fourth-order valence-electron chi connectivity index (χ4n) is 1.33. The first-order valence-electron chi connectivity index (χ1n) is 4.16. The maximum absolute atomic E-state index is 5.46. The minimum Gasteiger partial charge on any atom is -0.360 e. The monoisotopic (exact) mass is 143 g/mol. The largest absolute Gasteiger partial charge is 0.360 e. The Balaban J connectivity index is 2.20. The van der Waals surface area contributed by atoms with E-state index in [9.17, 15) is 0 Å². The van der Waals surface area contributed by atoms with Gasteiger partial charge in [-0.05, 0) is 19.9 Å². The van der Waals surface area contributed by atoms with E-state index in [0.29, 0.717) is 0 Å². The van der Waals surface area contributed by atoms with E-state index in [1.165, 1.54) is 25.7 Å². The molecule has 1 aliphatic heterocycles. The first-order chi connectivity index (χ1) is 4.83. The lowest BCUT2D eigenvalue weighted by molar-refractivity contribution is -0.169. The van der Waals surface area contributed by atoms with Gasteiger partial charge in [0, 0.05) is 6.42 Å². The minimum absolute atomic E-state index is 0.0655. The molecule has 1 aliphatic rings. The maximum Gasteiger partial charge on any atom is 0.121 e. The molecule has 2 nitrogen and oxygen atoms in total. The SMILES string of the molecule is CCCCC1(NC)CCO1. The quantitative estimate of drug-likeness (QED) is 0.644. The van der Waals surface area contributed by atoms with Gasteiger partial charge in [0.25, 0.3) is 0 Å². The van der Waals surface area contributed by atoms with Gasteiger partial charge in [0.15, 0.2) is 0 Å². The molecule has 0 bridgehead atoms. The van der Waals surface area contributed by atoms with Gasteiger partial charge in [-0.1, -0.05) is 13.3 Å². The van der Waals surface area contributed by atoms with Gasteiger partial charge in [-0.2, -0.15) is 0 Å². The van der Waals surface area contributed by atoms with Crippen molar-refractivity contribution in [2.24, 2.45) is 0 Å². The Kier molecular flexibility index (Phi) is 2.69. The minimum atomic E-state index is 0.0655. The van der Waals surface area contributed by atoms with Gasteiger partial charge in [0.2, 0.25) is 0 Å². The van der Waals surface area contributed by atoms with Crippen molar-refractivity contribution in [3.8, 4) is 0 Å². The van der Waals surface area contributed by atoms with Crippen molar-refractivity contribution in [3.63, 3.8) is 0 Å². The molecule has 1 atom stereocenters. The van der Waals surface area contributed by atoms with Crippen molar-refractivity contribution in [2.75, 3.05) is 13.7 Å². The summed E-state index contributed by atoms with van der Waals surface area (Å²) < 4.78 is 5.46. The van der Waals surface area contributed by atoms with Gasteiger partial charge in [0.1, 0.15) is 5.72 Å². The number of nitrogens with one attached hydrogen (secondary N) is 1. The summed E-state index contributed by atoms with van der Waals surface area (Å²) in [5.41, 5.74) is 0.0655. The number of unbranched alkanes of at least 4 members (excludes halogenated alkanes) is 1. The molecule has 0 radical (unpaired) electrons. The highest BCUT2D eigenvalue weighted by Crippen LogP contribution is 2.28. The molecule has 0 aromatic carbocycles. The molecule has 0 spiro atoms. The van der Waals surface area contributed by atoms with Crippen LogP contribution in [0.1, 0.15) is 32.6 Å². The Labute approximate surface area is 63.0 Å². The third-order valence-electron chi connectivity index (χ3n) is 2.27. The van der Waals surface area contributed by atoms with Crippen molar-refractivity contribution in [3.05, 3.63) is 0 Å². The molecule has 0 aromatic rings. The number of hydrogen-bond donors (Lipinski definition) is 1. The Morgan fingerprint density at radius 1 is 1.60 bits per heavy atom. The van der Waals surface area contributed by atoms with Crippen LogP contribution in [-0.2, 0) is 4.74 Å². The predicted molar refractivity (Wildman–Crippen MR) is 41.9 cm³/mol. The lowest BCUT2D eigenvalue weighted by Crippen LogP contribution is -2.53. The van der Waals surface area contributed by atoms with Gasteiger partial charge in [-0.25, -0.2) is 0 Å². The van der Waals surface area contributed by atoms with Crippen molar-refractivity contribution >= 4 is 0 Å². The fourth-order valence-corrected chi connectivity index (χ4v) is 1.33. The highest BCUT2D eigenvalue weighted by Gasteiger charge is 2.35. The van der Waals surface area contributed by atoms with E-state index >= 15 is 0 Å². The van der Waals surface area contributed by atoms with E-state index in [1.54, 1.807) is 0 Å². The second-order valence-corrected chi connectivity index (χ2v) is 2.95. The Hall–Kier alpha value is -0.0800. The second-order valence-electron chi connectivity index (χ2n) is 2.95. The molecule has 1 saturated heterocycles. The summed E-state index contributed by atoms with van der Waals surface area (Å²) in [7, 11) is 1.98. The molecule has 0 saturated carbocycles. The fraction of sp³-hybridized carbons (Fsp3) is 1.00. The van der Waals surface area contributed by atoms with Gasteiger partial charge in [-0.3, -0.25) is 5.32 Å². The second kappa shape index (κ2) is 3.35. The topological polar surface area (TPSA) is 21.3 Å². The normalized spacial score (nSPS) is 31.8. The predicted octanol–water partition coefficient (Wildman–Crippen LogP) is 1.51. The first-order valence-corrected chi connectivity index (χ1v) is 4.16. The van der Waals surface area contributed by atoms with Crippen LogP contribution in [-0.4, -0.2) is 19.4 Å². The van der Waals surface area contributed by atoms with E-state index in [1.807, 2.05) is 7.05 Å². The summed E-state index contributed by atoms with van der Waals surface area (Å²) in [4.78, 5) is 0. The molecule has 10 heavy (non-hydrogen) atoms. The lowest BCUT2D eigenvalue weighted by atomic mass is 9.98. The molecular weight excluding hydrogens is 126 g/mol. The van der Waals surface area contributed by atoms with Crippen molar-refractivity contribution in [1.29, 1.82) is 0 Å². The zero-order chi connectivity index (χ0) is 7.45. The van der Waals surface area contributed by atoms with Crippen LogP contribution in [0.2, 0.25) is 0 Å². The zero-order valence-corrected chi connectivity index (χ0v) is 6.94. The average molecular weight is 143 g/mol. The molecule has 1 fully saturated rings.